The number of hydrogen-bond donors (Lipinski definition) is 0. The number of carbonyl (C=O) groups is 3. The van der Waals surface area contributed by atoms with Gasteiger partial charge in [0, 0.05) is 25.5 Å². The number of carbonyl (C=O) groups excluding carboxylic acids is 3. The molecule has 0 aliphatic carbocycles. The second kappa shape index (κ2) is 12.9. The van der Waals surface area contributed by atoms with Crippen molar-refractivity contribution in [2.75, 3.05) is 11.4 Å². The smallest absolute Gasteiger partial charge is 0.430 e. The van der Waals surface area contributed by atoms with Crippen molar-refractivity contribution in [3.8, 4) is 0 Å². The van der Waals surface area contributed by atoms with Gasteiger partial charge in [0.15, 0.2) is 6.17 Å². The summed E-state index contributed by atoms with van der Waals surface area (Å²) in [7, 11) is 0. The van der Waals surface area contributed by atoms with Gasteiger partial charge in [-0.3, -0.25) is 19.5 Å². The second-order valence-corrected chi connectivity index (χ2v) is 11.8. The Morgan fingerprint density at radius 1 is 0.816 bits per heavy atom. The lowest BCUT2D eigenvalue weighted by Crippen LogP contribution is -2.75. The van der Waals surface area contributed by atoms with Crippen molar-refractivity contribution in [2.45, 2.75) is 63.8 Å². The first kappa shape index (κ1) is 35.5. The topological polar surface area (TPSA) is 83.0 Å². The fourth-order valence-electron chi connectivity index (χ4n) is 5.97. The molecular weight excluding hydrogens is 675 g/mol. The summed E-state index contributed by atoms with van der Waals surface area (Å²) < 4.78 is 127. The molecular formula is C32H27F9N4O4. The van der Waals surface area contributed by atoms with Crippen LogP contribution in [0.4, 0.5) is 45.2 Å². The van der Waals surface area contributed by atoms with Crippen LogP contribution in [-0.4, -0.2) is 63.7 Å². The Morgan fingerprint density at radius 2 is 1.41 bits per heavy atom. The van der Waals surface area contributed by atoms with Crippen LogP contribution in [0.3, 0.4) is 0 Å². The van der Waals surface area contributed by atoms with Gasteiger partial charge in [-0.1, -0.05) is 26.0 Å². The van der Waals surface area contributed by atoms with Gasteiger partial charge in [0.2, 0.25) is 12.1 Å². The van der Waals surface area contributed by atoms with E-state index >= 15 is 0 Å². The number of halogens is 9. The Bertz CT molecular complexity index is 1710. The molecule has 262 valence electrons. The molecule has 2 unspecified atom stereocenters. The molecule has 5 rings (SSSR count). The molecule has 2 amide bonds. The molecule has 3 aromatic rings. The van der Waals surface area contributed by atoms with Gasteiger partial charge in [-0.2, -0.15) is 39.5 Å². The number of rotatable bonds is 7. The SMILES string of the molecule is CC(C)[C@H]1C(=O)N(Cc2ccc(C(F)(F)F)cc2)C(OC(=O)C(F)(F)F)C2N(CCc3ccncc3)c3ccc(C(F)(F)F)cc3C(=O)N21. The minimum absolute atomic E-state index is 0.0195. The van der Waals surface area contributed by atoms with Gasteiger partial charge in [-0.25, -0.2) is 4.79 Å². The van der Waals surface area contributed by atoms with Crippen molar-refractivity contribution >= 4 is 23.5 Å². The summed E-state index contributed by atoms with van der Waals surface area (Å²) in [6, 6.07) is 7.36. The van der Waals surface area contributed by atoms with Gasteiger partial charge in [-0.05, 0) is 65.9 Å². The van der Waals surface area contributed by atoms with Crippen molar-refractivity contribution in [1.29, 1.82) is 0 Å². The van der Waals surface area contributed by atoms with Crippen LogP contribution in [-0.2, 0) is 39.6 Å². The summed E-state index contributed by atoms with van der Waals surface area (Å²) in [5, 5.41) is 0. The highest BCUT2D eigenvalue weighted by molar-refractivity contribution is 6.05. The van der Waals surface area contributed by atoms with Crippen LogP contribution in [0.1, 0.15) is 46.5 Å². The Morgan fingerprint density at radius 3 is 1.96 bits per heavy atom. The molecule has 1 aromatic heterocycles. The maximum atomic E-state index is 14.1. The molecule has 3 atom stereocenters. The van der Waals surface area contributed by atoms with E-state index in [2.05, 4.69) is 4.98 Å². The van der Waals surface area contributed by atoms with Crippen molar-refractivity contribution < 1.29 is 58.6 Å². The van der Waals surface area contributed by atoms with E-state index in [4.69, 9.17) is 4.74 Å². The number of esters is 1. The number of aromatic nitrogens is 1. The molecule has 0 N–H and O–H groups in total. The molecule has 3 heterocycles. The number of benzene rings is 2. The summed E-state index contributed by atoms with van der Waals surface area (Å²) in [5.41, 5.74) is -2.19. The van der Waals surface area contributed by atoms with Crippen LogP contribution in [0.5, 0.6) is 0 Å². The van der Waals surface area contributed by atoms with E-state index in [1.165, 1.54) is 31.1 Å². The largest absolute Gasteiger partial charge is 0.491 e. The highest BCUT2D eigenvalue weighted by Gasteiger charge is 2.58. The van der Waals surface area contributed by atoms with Crippen LogP contribution in [0.25, 0.3) is 0 Å². The monoisotopic (exact) mass is 702 g/mol. The average molecular weight is 703 g/mol. The minimum atomic E-state index is -5.58. The van der Waals surface area contributed by atoms with E-state index in [1.807, 2.05) is 0 Å². The Balaban J connectivity index is 1.69. The molecule has 1 saturated heterocycles. The first-order valence-corrected chi connectivity index (χ1v) is 14.7. The van der Waals surface area contributed by atoms with Crippen LogP contribution in [0.15, 0.2) is 67.0 Å². The second-order valence-electron chi connectivity index (χ2n) is 11.8. The van der Waals surface area contributed by atoms with Gasteiger partial charge >= 0.3 is 24.5 Å². The number of alkyl halides is 9. The van der Waals surface area contributed by atoms with Gasteiger partial charge in [0.1, 0.15) is 6.04 Å². The molecule has 17 heteroatoms. The highest BCUT2D eigenvalue weighted by Crippen LogP contribution is 2.43. The lowest BCUT2D eigenvalue weighted by atomic mass is 9.91. The number of fused-ring (bicyclic) bond motifs is 2. The maximum Gasteiger partial charge on any atom is 0.491 e. The number of nitrogens with zero attached hydrogens (tertiary/aromatic N) is 4. The number of piperazine rings is 1. The number of anilines is 1. The molecule has 2 aromatic carbocycles. The van der Waals surface area contributed by atoms with Crippen LogP contribution < -0.4 is 4.90 Å². The first-order chi connectivity index (χ1) is 22.8. The van der Waals surface area contributed by atoms with Crippen LogP contribution >= 0.6 is 0 Å². The third kappa shape index (κ3) is 7.15. The molecule has 1 fully saturated rings. The van der Waals surface area contributed by atoms with E-state index in [-0.39, 0.29) is 24.2 Å². The third-order valence-electron chi connectivity index (χ3n) is 8.22. The Labute approximate surface area is 273 Å². The van der Waals surface area contributed by atoms with E-state index in [1.54, 1.807) is 12.1 Å². The highest BCUT2D eigenvalue weighted by atomic mass is 19.4. The summed E-state index contributed by atoms with van der Waals surface area (Å²) >= 11 is 0. The van der Waals surface area contributed by atoms with E-state index in [0.29, 0.717) is 29.8 Å². The lowest BCUT2D eigenvalue weighted by molar-refractivity contribution is -0.224. The van der Waals surface area contributed by atoms with Crippen molar-refractivity contribution in [3.63, 3.8) is 0 Å². The molecule has 2 aliphatic rings. The zero-order chi connectivity index (χ0) is 36.1. The summed E-state index contributed by atoms with van der Waals surface area (Å²) in [6.45, 7) is 2.18. The normalized spacial score (nSPS) is 20.0. The average Bonchev–Trinajstić information content (AvgIpc) is 3.01. The zero-order valence-corrected chi connectivity index (χ0v) is 25.6. The Kier molecular flexibility index (Phi) is 9.33. The van der Waals surface area contributed by atoms with Crippen molar-refractivity contribution in [1.82, 2.24) is 14.8 Å². The summed E-state index contributed by atoms with van der Waals surface area (Å²) in [6.07, 6.45) is -16.1. The number of pyridine rings is 1. The summed E-state index contributed by atoms with van der Waals surface area (Å²) in [4.78, 5) is 47.4. The van der Waals surface area contributed by atoms with E-state index in [0.717, 1.165) is 28.0 Å². The third-order valence-corrected chi connectivity index (χ3v) is 8.22. The van der Waals surface area contributed by atoms with E-state index < -0.39 is 83.9 Å². The predicted octanol–water partition coefficient (Wildman–Crippen LogP) is 6.45. The number of ether oxygens (including phenoxy) is 1. The van der Waals surface area contributed by atoms with Crippen LogP contribution in [0, 0.1) is 5.92 Å². The zero-order valence-electron chi connectivity index (χ0n) is 25.6. The predicted molar refractivity (Wildman–Crippen MR) is 153 cm³/mol. The number of hydrogen-bond acceptors (Lipinski definition) is 6. The fourth-order valence-corrected chi connectivity index (χ4v) is 5.97. The molecule has 2 aliphatic heterocycles. The lowest BCUT2D eigenvalue weighted by Gasteiger charge is -2.57. The molecule has 0 bridgehead atoms. The number of amides is 2. The van der Waals surface area contributed by atoms with Gasteiger partial charge in [-0.15, -0.1) is 0 Å². The standard InChI is InChI=1S/C32H27F9N4O4/c1-17(2)24-27(47)44(16-19-3-5-20(6-4-19)30(33,34)35)28(49-29(48)32(39,40)41)25-43(14-11-18-9-12-42-13-10-18)23-8-7-21(31(36,37)38)15-22(23)26(46)45(24)25/h3-10,12-13,15,17,24-25,28H,11,14,16H2,1-2H3/t24-,25?,28?/m0/s1. The van der Waals surface area contributed by atoms with Crippen LogP contribution in [0.2, 0.25) is 0 Å². The maximum absolute atomic E-state index is 14.1. The van der Waals surface area contributed by atoms with Crippen molar-refractivity contribution in [2.24, 2.45) is 5.92 Å². The molecule has 49 heavy (non-hydrogen) atoms. The van der Waals surface area contributed by atoms with Crippen molar-refractivity contribution in [3.05, 3.63) is 94.8 Å². The summed E-state index contributed by atoms with van der Waals surface area (Å²) in [5.74, 6) is -5.68. The van der Waals surface area contributed by atoms with E-state index in [9.17, 15) is 53.9 Å². The quantitative estimate of drug-likeness (QED) is 0.208. The van der Waals surface area contributed by atoms with Gasteiger partial charge in [0.05, 0.1) is 22.4 Å². The molecule has 0 spiro atoms. The fraction of sp³-hybridized carbons (Fsp3) is 0.375. The molecule has 8 nitrogen and oxygen atoms in total. The molecule has 0 saturated carbocycles. The molecule has 0 radical (unpaired) electrons. The first-order valence-electron chi connectivity index (χ1n) is 14.7. The van der Waals surface area contributed by atoms with Gasteiger partial charge < -0.3 is 14.5 Å². The minimum Gasteiger partial charge on any atom is -0.430 e. The Hall–Kier alpha value is -4.83. The van der Waals surface area contributed by atoms with Gasteiger partial charge in [0.25, 0.3) is 5.91 Å².